The van der Waals surface area contributed by atoms with E-state index in [9.17, 15) is 18.0 Å². The van der Waals surface area contributed by atoms with Crippen molar-refractivity contribution in [3.05, 3.63) is 76.3 Å². The van der Waals surface area contributed by atoms with Gasteiger partial charge in [-0.25, -0.2) is 0 Å². The lowest BCUT2D eigenvalue weighted by Gasteiger charge is -2.28. The maximum absolute atomic E-state index is 13.2. The van der Waals surface area contributed by atoms with Crippen LogP contribution in [0.1, 0.15) is 29.0 Å². The van der Waals surface area contributed by atoms with Crippen molar-refractivity contribution in [2.45, 2.75) is 18.5 Å². The zero-order chi connectivity index (χ0) is 18.5. The molecular formula is C20H13ClF3NO. The normalized spacial score (nSPS) is 17.1. The zero-order valence-corrected chi connectivity index (χ0v) is 14.2. The second kappa shape index (κ2) is 6.02. The van der Waals surface area contributed by atoms with E-state index in [4.69, 9.17) is 11.6 Å². The van der Waals surface area contributed by atoms with Crippen molar-refractivity contribution < 1.29 is 18.0 Å². The summed E-state index contributed by atoms with van der Waals surface area (Å²) in [4.78, 5) is 12.3. The van der Waals surface area contributed by atoms with E-state index in [1.54, 1.807) is 6.07 Å². The molecule has 6 heteroatoms. The average molecular weight is 376 g/mol. The minimum atomic E-state index is -4.55. The number of nitrogens with one attached hydrogen (secondary N) is 1. The number of alkyl halides is 3. The molecule has 0 bridgehead atoms. The van der Waals surface area contributed by atoms with E-state index < -0.39 is 17.7 Å². The van der Waals surface area contributed by atoms with Gasteiger partial charge in [0.05, 0.1) is 16.3 Å². The number of carbonyl (C=O) groups is 1. The zero-order valence-electron chi connectivity index (χ0n) is 13.4. The fourth-order valence-corrected chi connectivity index (χ4v) is 3.88. The summed E-state index contributed by atoms with van der Waals surface area (Å²) in [6, 6.07) is 15.1. The van der Waals surface area contributed by atoms with Crippen LogP contribution in [0.15, 0.2) is 54.6 Å². The van der Waals surface area contributed by atoms with E-state index in [-0.39, 0.29) is 17.4 Å². The predicted molar refractivity (Wildman–Crippen MR) is 95.5 cm³/mol. The lowest BCUT2D eigenvalue weighted by Crippen LogP contribution is -2.24. The molecule has 3 aromatic rings. The van der Waals surface area contributed by atoms with Crippen LogP contribution in [0.4, 0.5) is 18.9 Å². The molecule has 0 aliphatic carbocycles. The Hall–Kier alpha value is -2.53. The summed E-state index contributed by atoms with van der Waals surface area (Å²) >= 11 is 6.11. The number of amides is 1. The van der Waals surface area contributed by atoms with Crippen molar-refractivity contribution in [2.24, 2.45) is 0 Å². The lowest BCUT2D eigenvalue weighted by molar-refractivity contribution is -0.137. The quantitative estimate of drug-likeness (QED) is 0.556. The largest absolute Gasteiger partial charge is 0.417 e. The van der Waals surface area contributed by atoms with Crippen molar-refractivity contribution in [1.82, 2.24) is 0 Å². The van der Waals surface area contributed by atoms with Crippen molar-refractivity contribution >= 4 is 34.0 Å². The minimum absolute atomic E-state index is 0.0480. The van der Waals surface area contributed by atoms with Gasteiger partial charge in [-0.3, -0.25) is 4.79 Å². The molecule has 0 aromatic heterocycles. The van der Waals surface area contributed by atoms with Crippen LogP contribution in [0.2, 0.25) is 5.02 Å². The molecule has 1 N–H and O–H groups in total. The van der Waals surface area contributed by atoms with Gasteiger partial charge in [0.15, 0.2) is 0 Å². The minimum Gasteiger partial charge on any atom is -0.325 e. The maximum atomic E-state index is 13.2. The highest BCUT2D eigenvalue weighted by molar-refractivity contribution is 6.32. The fourth-order valence-electron chi connectivity index (χ4n) is 3.52. The Bertz CT molecular complexity index is 1030. The van der Waals surface area contributed by atoms with Gasteiger partial charge in [0, 0.05) is 17.7 Å². The second-order valence-corrected chi connectivity index (χ2v) is 6.64. The van der Waals surface area contributed by atoms with Gasteiger partial charge in [-0.05, 0) is 22.6 Å². The summed E-state index contributed by atoms with van der Waals surface area (Å²) in [7, 11) is 0. The van der Waals surface area contributed by atoms with E-state index in [2.05, 4.69) is 5.32 Å². The van der Waals surface area contributed by atoms with Crippen LogP contribution in [0.3, 0.4) is 0 Å². The molecule has 0 fully saturated rings. The summed E-state index contributed by atoms with van der Waals surface area (Å²) in [5.41, 5.74) is 0.834. The van der Waals surface area contributed by atoms with Gasteiger partial charge in [-0.1, -0.05) is 60.1 Å². The number of rotatable bonds is 1. The number of fused-ring (bicyclic) bond motifs is 3. The van der Waals surface area contributed by atoms with Gasteiger partial charge in [0.2, 0.25) is 5.91 Å². The summed E-state index contributed by atoms with van der Waals surface area (Å²) in [5.74, 6) is -0.773. The van der Waals surface area contributed by atoms with Crippen molar-refractivity contribution in [1.29, 1.82) is 0 Å². The molecule has 3 aromatic carbocycles. The highest BCUT2D eigenvalue weighted by Crippen LogP contribution is 2.45. The molecule has 0 radical (unpaired) electrons. The van der Waals surface area contributed by atoms with Crippen molar-refractivity contribution in [2.75, 3.05) is 5.32 Å². The molecule has 2 nitrogen and oxygen atoms in total. The van der Waals surface area contributed by atoms with Crippen LogP contribution in [0.25, 0.3) is 10.8 Å². The molecular weight excluding hydrogens is 363 g/mol. The Morgan fingerprint density at radius 2 is 1.73 bits per heavy atom. The lowest BCUT2D eigenvalue weighted by atomic mass is 9.82. The first-order valence-electron chi connectivity index (χ1n) is 8.03. The molecule has 1 unspecified atom stereocenters. The Balaban J connectivity index is 1.93. The summed E-state index contributed by atoms with van der Waals surface area (Å²) in [6.07, 6.45) is -4.50. The first-order chi connectivity index (χ1) is 12.4. The van der Waals surface area contributed by atoms with E-state index in [0.29, 0.717) is 11.3 Å². The number of hydrogen-bond acceptors (Lipinski definition) is 1. The smallest absolute Gasteiger partial charge is 0.325 e. The van der Waals surface area contributed by atoms with Crippen molar-refractivity contribution in [3.8, 4) is 0 Å². The molecule has 1 amide bonds. The number of anilines is 1. The standard InChI is InChI=1S/C20H13ClF3NO/c21-18-13(6-3-7-16(18)20(22,23)24)15-10-17(26)25-19-12-5-2-1-4-11(12)8-9-14(15)19/h1-9,15H,10H2,(H,25,26). The second-order valence-electron chi connectivity index (χ2n) is 6.26. The molecule has 0 saturated carbocycles. The van der Waals surface area contributed by atoms with Gasteiger partial charge >= 0.3 is 6.18 Å². The summed E-state index contributed by atoms with van der Waals surface area (Å²) in [6.45, 7) is 0. The number of hydrogen-bond donors (Lipinski definition) is 1. The number of benzene rings is 3. The Morgan fingerprint density at radius 3 is 2.50 bits per heavy atom. The number of halogens is 4. The number of carbonyl (C=O) groups excluding carboxylic acids is 1. The highest BCUT2D eigenvalue weighted by Gasteiger charge is 2.36. The third-order valence-electron chi connectivity index (χ3n) is 4.70. The summed E-state index contributed by atoms with van der Waals surface area (Å²) in [5, 5.41) is 4.31. The van der Waals surface area contributed by atoms with E-state index in [1.807, 2.05) is 36.4 Å². The molecule has 132 valence electrons. The first-order valence-corrected chi connectivity index (χ1v) is 8.41. The third-order valence-corrected chi connectivity index (χ3v) is 5.12. The van der Waals surface area contributed by atoms with Crippen LogP contribution in [0.5, 0.6) is 0 Å². The van der Waals surface area contributed by atoms with Crippen LogP contribution >= 0.6 is 11.6 Å². The average Bonchev–Trinajstić information content (AvgIpc) is 2.60. The van der Waals surface area contributed by atoms with Crippen LogP contribution in [-0.4, -0.2) is 5.91 Å². The van der Waals surface area contributed by atoms with E-state index in [0.717, 1.165) is 22.4 Å². The SMILES string of the molecule is O=C1CC(c2cccc(C(F)(F)F)c2Cl)c2ccc3ccccc3c2N1. The molecule has 1 aliphatic heterocycles. The molecule has 1 heterocycles. The Labute approximate surface area is 152 Å². The Kier molecular flexibility index (Phi) is 3.92. The third kappa shape index (κ3) is 2.72. The van der Waals surface area contributed by atoms with E-state index in [1.165, 1.54) is 6.07 Å². The molecule has 0 spiro atoms. The topological polar surface area (TPSA) is 29.1 Å². The van der Waals surface area contributed by atoms with Crippen LogP contribution < -0.4 is 5.32 Å². The summed E-state index contributed by atoms with van der Waals surface area (Å²) < 4.78 is 39.6. The monoisotopic (exact) mass is 375 g/mol. The van der Waals surface area contributed by atoms with E-state index >= 15 is 0 Å². The molecule has 1 atom stereocenters. The van der Waals surface area contributed by atoms with Gasteiger partial charge < -0.3 is 5.32 Å². The van der Waals surface area contributed by atoms with Gasteiger partial charge in [-0.15, -0.1) is 0 Å². The molecule has 26 heavy (non-hydrogen) atoms. The van der Waals surface area contributed by atoms with Gasteiger partial charge in [-0.2, -0.15) is 13.2 Å². The fraction of sp³-hybridized carbons (Fsp3) is 0.150. The predicted octanol–water partition coefficient (Wildman–Crippen LogP) is 5.99. The molecule has 1 aliphatic rings. The van der Waals surface area contributed by atoms with Crippen LogP contribution in [-0.2, 0) is 11.0 Å². The first kappa shape index (κ1) is 16.9. The Morgan fingerprint density at radius 1 is 0.962 bits per heavy atom. The van der Waals surface area contributed by atoms with Gasteiger partial charge in [0.25, 0.3) is 0 Å². The van der Waals surface area contributed by atoms with Gasteiger partial charge in [0.1, 0.15) is 0 Å². The van der Waals surface area contributed by atoms with Crippen LogP contribution in [0, 0.1) is 0 Å². The maximum Gasteiger partial charge on any atom is 0.417 e. The van der Waals surface area contributed by atoms with Crippen molar-refractivity contribution in [3.63, 3.8) is 0 Å². The molecule has 0 saturated heterocycles. The highest BCUT2D eigenvalue weighted by atomic mass is 35.5. The molecule has 4 rings (SSSR count).